The van der Waals surface area contributed by atoms with Crippen LogP contribution in [-0.4, -0.2) is 36.6 Å². The molecule has 0 radical (unpaired) electrons. The fourth-order valence-electron chi connectivity index (χ4n) is 2.73. The first-order valence-corrected chi connectivity index (χ1v) is 9.82. The van der Waals surface area contributed by atoms with Crippen molar-refractivity contribution >= 4 is 27.3 Å². The summed E-state index contributed by atoms with van der Waals surface area (Å²) in [5, 5.41) is 13.8. The first kappa shape index (κ1) is 20.5. The third-order valence-corrected chi connectivity index (χ3v) is 6.15. The van der Waals surface area contributed by atoms with Crippen LogP contribution in [0.25, 0.3) is 0 Å². The van der Waals surface area contributed by atoms with Gasteiger partial charge in [-0.05, 0) is 31.2 Å². The molecule has 2 rings (SSSR count). The molecule has 0 atom stereocenters. The number of nitro groups is 1. The van der Waals surface area contributed by atoms with E-state index in [4.69, 9.17) is 0 Å². The second kappa shape index (κ2) is 8.28. The molecule has 2 aromatic carbocycles. The number of para-hydroxylation sites is 1. The zero-order valence-electron chi connectivity index (χ0n) is 15.3. The Hall–Kier alpha value is -2.78. The summed E-state index contributed by atoms with van der Waals surface area (Å²) in [7, 11) is -3.68. The predicted octanol–water partition coefficient (Wildman–Crippen LogP) is 3.19. The molecule has 0 bridgehead atoms. The van der Waals surface area contributed by atoms with Crippen LogP contribution in [0.2, 0.25) is 0 Å². The third kappa shape index (κ3) is 4.32. The van der Waals surface area contributed by atoms with Gasteiger partial charge in [0.1, 0.15) is 5.56 Å². The monoisotopic (exact) mass is 391 g/mol. The van der Waals surface area contributed by atoms with Crippen molar-refractivity contribution in [2.75, 3.05) is 18.4 Å². The fourth-order valence-corrected chi connectivity index (χ4v) is 4.23. The molecule has 8 nitrogen and oxygen atoms in total. The van der Waals surface area contributed by atoms with Crippen LogP contribution >= 0.6 is 0 Å². The van der Waals surface area contributed by atoms with Gasteiger partial charge in [-0.25, -0.2) is 8.42 Å². The van der Waals surface area contributed by atoms with E-state index in [1.54, 1.807) is 32.9 Å². The normalized spacial score (nSPS) is 11.4. The van der Waals surface area contributed by atoms with Gasteiger partial charge in [-0.2, -0.15) is 4.31 Å². The number of nitro benzene ring substituents is 1. The van der Waals surface area contributed by atoms with Crippen molar-refractivity contribution in [3.05, 3.63) is 63.7 Å². The summed E-state index contributed by atoms with van der Waals surface area (Å²) in [4.78, 5) is 23.2. The molecule has 0 spiro atoms. The second-order valence-corrected chi connectivity index (χ2v) is 7.74. The minimum atomic E-state index is -3.68. The molecule has 27 heavy (non-hydrogen) atoms. The maximum absolute atomic E-state index is 12.6. The Labute approximate surface area is 158 Å². The van der Waals surface area contributed by atoms with Gasteiger partial charge < -0.3 is 5.32 Å². The zero-order valence-corrected chi connectivity index (χ0v) is 16.1. The van der Waals surface area contributed by atoms with Crippen LogP contribution < -0.4 is 5.32 Å². The Morgan fingerprint density at radius 3 is 2.37 bits per heavy atom. The first-order chi connectivity index (χ1) is 12.7. The van der Waals surface area contributed by atoms with E-state index in [1.807, 2.05) is 0 Å². The number of carbonyl (C=O) groups excluding carboxylic acids is 1. The van der Waals surface area contributed by atoms with E-state index in [0.29, 0.717) is 18.7 Å². The molecule has 0 saturated carbocycles. The molecule has 0 unspecified atom stereocenters. The molecular formula is C18H21N3O5S. The van der Waals surface area contributed by atoms with E-state index in [0.717, 1.165) is 0 Å². The number of anilines is 1. The van der Waals surface area contributed by atoms with Gasteiger partial charge in [-0.15, -0.1) is 0 Å². The van der Waals surface area contributed by atoms with Gasteiger partial charge in [-0.1, -0.05) is 32.0 Å². The third-order valence-electron chi connectivity index (χ3n) is 4.10. The number of amides is 1. The maximum Gasteiger partial charge on any atom is 0.285 e. The highest BCUT2D eigenvalue weighted by atomic mass is 32.2. The van der Waals surface area contributed by atoms with Crippen LogP contribution in [0.4, 0.5) is 11.4 Å². The van der Waals surface area contributed by atoms with Crippen LogP contribution in [-0.2, 0) is 10.0 Å². The molecule has 144 valence electrons. The standard InChI is InChI=1S/C18H21N3O5S/c1-4-20(5-2)27(25,26)15-10-7-9-14(12-15)19-18(22)16-11-6-8-13(3)17(16)21(23)24/h6-12H,4-5H2,1-3H3,(H,19,22). The molecule has 0 fully saturated rings. The van der Waals surface area contributed by atoms with E-state index in [1.165, 1.54) is 34.6 Å². The summed E-state index contributed by atoms with van der Waals surface area (Å²) in [5.74, 6) is -0.678. The highest BCUT2D eigenvalue weighted by Gasteiger charge is 2.24. The van der Waals surface area contributed by atoms with Crippen molar-refractivity contribution in [2.45, 2.75) is 25.7 Å². The molecule has 0 saturated heterocycles. The van der Waals surface area contributed by atoms with Crippen molar-refractivity contribution < 1.29 is 18.1 Å². The Balaban J connectivity index is 2.37. The number of benzene rings is 2. The number of carbonyl (C=O) groups is 1. The molecule has 1 N–H and O–H groups in total. The minimum Gasteiger partial charge on any atom is -0.322 e. The largest absolute Gasteiger partial charge is 0.322 e. The topological polar surface area (TPSA) is 110 Å². The van der Waals surface area contributed by atoms with E-state index in [9.17, 15) is 23.3 Å². The molecule has 1 amide bonds. The molecule has 0 heterocycles. The van der Waals surface area contributed by atoms with Crippen molar-refractivity contribution in [3.8, 4) is 0 Å². The van der Waals surface area contributed by atoms with Crippen LogP contribution in [0.1, 0.15) is 29.8 Å². The molecular weight excluding hydrogens is 370 g/mol. The predicted molar refractivity (Wildman–Crippen MR) is 102 cm³/mol. The average Bonchev–Trinajstić information content (AvgIpc) is 2.62. The van der Waals surface area contributed by atoms with Crippen LogP contribution in [0.5, 0.6) is 0 Å². The molecule has 0 aliphatic carbocycles. The molecule has 9 heteroatoms. The number of aryl methyl sites for hydroxylation is 1. The number of hydrogen-bond acceptors (Lipinski definition) is 5. The summed E-state index contributed by atoms with van der Waals surface area (Å²) >= 11 is 0. The van der Waals surface area contributed by atoms with E-state index in [2.05, 4.69) is 5.32 Å². The van der Waals surface area contributed by atoms with Gasteiger partial charge in [0.05, 0.1) is 9.82 Å². The molecule has 0 aliphatic rings. The van der Waals surface area contributed by atoms with Crippen LogP contribution in [0.15, 0.2) is 47.4 Å². The lowest BCUT2D eigenvalue weighted by molar-refractivity contribution is -0.385. The van der Waals surface area contributed by atoms with Crippen molar-refractivity contribution in [1.82, 2.24) is 4.31 Å². The highest BCUT2D eigenvalue weighted by molar-refractivity contribution is 7.89. The fraction of sp³-hybridized carbons (Fsp3) is 0.278. The molecule has 0 aromatic heterocycles. The second-order valence-electron chi connectivity index (χ2n) is 5.80. The van der Waals surface area contributed by atoms with Crippen molar-refractivity contribution in [2.24, 2.45) is 0 Å². The van der Waals surface area contributed by atoms with Crippen molar-refractivity contribution in [3.63, 3.8) is 0 Å². The molecule has 0 aliphatic heterocycles. The number of nitrogens with one attached hydrogen (secondary N) is 1. The minimum absolute atomic E-state index is 0.0442. The Bertz CT molecular complexity index is 969. The number of sulfonamides is 1. The van der Waals surface area contributed by atoms with Gasteiger partial charge in [0.25, 0.3) is 11.6 Å². The van der Waals surface area contributed by atoms with Crippen LogP contribution in [0, 0.1) is 17.0 Å². The summed E-state index contributed by atoms with van der Waals surface area (Å²) in [5.41, 5.74) is 0.244. The lowest BCUT2D eigenvalue weighted by Gasteiger charge is -2.18. The smallest absolute Gasteiger partial charge is 0.285 e. The van der Waals surface area contributed by atoms with Gasteiger partial charge in [0, 0.05) is 24.3 Å². The summed E-state index contributed by atoms with van der Waals surface area (Å²) < 4.78 is 26.5. The van der Waals surface area contributed by atoms with Gasteiger partial charge >= 0.3 is 0 Å². The molecule has 2 aromatic rings. The zero-order chi connectivity index (χ0) is 20.2. The number of hydrogen-bond donors (Lipinski definition) is 1. The highest BCUT2D eigenvalue weighted by Crippen LogP contribution is 2.25. The first-order valence-electron chi connectivity index (χ1n) is 8.37. The van der Waals surface area contributed by atoms with E-state index < -0.39 is 20.9 Å². The Morgan fingerprint density at radius 1 is 1.15 bits per heavy atom. The average molecular weight is 391 g/mol. The Morgan fingerprint density at radius 2 is 1.78 bits per heavy atom. The summed E-state index contributed by atoms with van der Waals surface area (Å²) in [6.45, 7) is 5.68. The number of nitrogens with zero attached hydrogens (tertiary/aromatic N) is 2. The lowest BCUT2D eigenvalue weighted by Crippen LogP contribution is -2.30. The van der Waals surface area contributed by atoms with Gasteiger partial charge in [-0.3, -0.25) is 14.9 Å². The van der Waals surface area contributed by atoms with E-state index in [-0.39, 0.29) is 21.8 Å². The summed E-state index contributed by atoms with van der Waals surface area (Å²) in [6, 6.07) is 10.3. The lowest BCUT2D eigenvalue weighted by atomic mass is 10.1. The van der Waals surface area contributed by atoms with Gasteiger partial charge in [0.15, 0.2) is 0 Å². The maximum atomic E-state index is 12.6. The Kier molecular flexibility index (Phi) is 6.29. The van der Waals surface area contributed by atoms with E-state index >= 15 is 0 Å². The SMILES string of the molecule is CCN(CC)S(=O)(=O)c1cccc(NC(=O)c2cccc(C)c2[N+](=O)[O-])c1. The van der Waals surface area contributed by atoms with Crippen LogP contribution in [0.3, 0.4) is 0 Å². The summed E-state index contributed by atoms with van der Waals surface area (Å²) in [6.07, 6.45) is 0. The van der Waals surface area contributed by atoms with Gasteiger partial charge in [0.2, 0.25) is 10.0 Å². The van der Waals surface area contributed by atoms with Crippen molar-refractivity contribution in [1.29, 1.82) is 0 Å². The number of rotatable bonds is 7. The quantitative estimate of drug-likeness (QED) is 0.576.